The Hall–Kier alpha value is -2.03. The Bertz CT molecular complexity index is 549. The van der Waals surface area contributed by atoms with Crippen molar-refractivity contribution in [2.75, 3.05) is 19.0 Å². The molecule has 0 spiro atoms. The third-order valence-corrected chi connectivity index (χ3v) is 2.70. The lowest BCUT2D eigenvalue weighted by Gasteiger charge is -2.10. The molecule has 0 aliphatic carbocycles. The number of anilines is 1. The van der Waals surface area contributed by atoms with E-state index in [-0.39, 0.29) is 5.97 Å². The van der Waals surface area contributed by atoms with Crippen molar-refractivity contribution in [3.8, 4) is 0 Å². The zero-order valence-corrected chi connectivity index (χ0v) is 9.99. The lowest BCUT2D eigenvalue weighted by Crippen LogP contribution is -2.04. The molecule has 0 aliphatic heterocycles. The van der Waals surface area contributed by atoms with Crippen LogP contribution in [0.3, 0.4) is 0 Å². The number of nitrogens with one attached hydrogen (secondary N) is 1. The Labute approximate surface area is 100 Å². The molecule has 0 unspecified atom stereocenters. The van der Waals surface area contributed by atoms with Gasteiger partial charge in [0, 0.05) is 17.6 Å². The van der Waals surface area contributed by atoms with E-state index in [4.69, 9.17) is 4.74 Å². The highest BCUT2D eigenvalue weighted by molar-refractivity contribution is 6.08. The van der Waals surface area contributed by atoms with Gasteiger partial charge in [-0.15, -0.1) is 0 Å². The van der Waals surface area contributed by atoms with Crippen LogP contribution in [0.5, 0.6) is 0 Å². The van der Waals surface area contributed by atoms with Crippen LogP contribution in [0.15, 0.2) is 36.4 Å². The van der Waals surface area contributed by atoms with E-state index in [0.29, 0.717) is 5.56 Å². The highest BCUT2D eigenvalue weighted by Crippen LogP contribution is 2.26. The first kappa shape index (κ1) is 11.5. The molecule has 0 aromatic heterocycles. The molecule has 0 radical (unpaired) electrons. The largest absolute Gasteiger partial charge is 0.465 e. The quantitative estimate of drug-likeness (QED) is 0.822. The van der Waals surface area contributed by atoms with Gasteiger partial charge in [0.2, 0.25) is 0 Å². The predicted octanol–water partition coefficient (Wildman–Crippen LogP) is 3.06. The lowest BCUT2D eigenvalue weighted by atomic mass is 10.0. The number of carbonyl (C=O) groups excluding carboxylic acids is 1. The first-order valence-corrected chi connectivity index (χ1v) is 5.62. The predicted molar refractivity (Wildman–Crippen MR) is 69.5 cm³/mol. The highest BCUT2D eigenvalue weighted by Gasteiger charge is 2.11. The van der Waals surface area contributed by atoms with Crippen LogP contribution in [0.1, 0.15) is 17.3 Å². The fraction of sp³-hybridized carbons (Fsp3) is 0.214. The van der Waals surface area contributed by atoms with E-state index < -0.39 is 0 Å². The molecule has 0 fully saturated rings. The van der Waals surface area contributed by atoms with Crippen molar-refractivity contribution in [3.05, 3.63) is 42.0 Å². The third-order valence-electron chi connectivity index (χ3n) is 2.70. The smallest absolute Gasteiger partial charge is 0.338 e. The van der Waals surface area contributed by atoms with E-state index in [1.807, 2.05) is 37.3 Å². The number of benzene rings is 2. The number of methoxy groups -OCH3 is 1. The molecule has 88 valence electrons. The van der Waals surface area contributed by atoms with Crippen LogP contribution >= 0.6 is 0 Å². The van der Waals surface area contributed by atoms with Crippen molar-refractivity contribution >= 4 is 22.4 Å². The second-order valence-corrected chi connectivity index (χ2v) is 3.73. The number of fused-ring (bicyclic) bond motifs is 1. The van der Waals surface area contributed by atoms with Gasteiger partial charge in [0.1, 0.15) is 0 Å². The summed E-state index contributed by atoms with van der Waals surface area (Å²) in [6.07, 6.45) is 0. The zero-order valence-electron chi connectivity index (χ0n) is 9.99. The Morgan fingerprint density at radius 1 is 1.18 bits per heavy atom. The van der Waals surface area contributed by atoms with Crippen LogP contribution in [-0.4, -0.2) is 19.6 Å². The van der Waals surface area contributed by atoms with Crippen LogP contribution in [-0.2, 0) is 4.74 Å². The van der Waals surface area contributed by atoms with Crippen molar-refractivity contribution in [3.63, 3.8) is 0 Å². The molecule has 3 heteroatoms. The highest BCUT2D eigenvalue weighted by atomic mass is 16.5. The van der Waals surface area contributed by atoms with Crippen molar-refractivity contribution < 1.29 is 9.53 Å². The molecule has 0 saturated heterocycles. The van der Waals surface area contributed by atoms with Crippen LogP contribution in [0, 0.1) is 0 Å². The Kier molecular flexibility index (Phi) is 3.28. The minimum absolute atomic E-state index is 0.302. The molecule has 0 heterocycles. The number of carbonyl (C=O) groups is 1. The molecule has 17 heavy (non-hydrogen) atoms. The molecular weight excluding hydrogens is 214 g/mol. The number of rotatable bonds is 3. The number of ether oxygens (including phenoxy) is 1. The van der Waals surface area contributed by atoms with Gasteiger partial charge in [0.05, 0.1) is 12.7 Å². The fourth-order valence-corrected chi connectivity index (χ4v) is 1.93. The maximum Gasteiger partial charge on any atom is 0.338 e. The van der Waals surface area contributed by atoms with E-state index in [1.54, 1.807) is 6.07 Å². The maximum atomic E-state index is 11.7. The first-order chi connectivity index (χ1) is 8.27. The normalized spacial score (nSPS) is 10.2. The van der Waals surface area contributed by atoms with Gasteiger partial charge in [-0.3, -0.25) is 0 Å². The fourth-order valence-electron chi connectivity index (χ4n) is 1.93. The molecule has 0 amide bonds. The van der Waals surface area contributed by atoms with Crippen molar-refractivity contribution in [2.45, 2.75) is 6.92 Å². The Balaban J connectivity index is 2.66. The monoisotopic (exact) mass is 229 g/mol. The second-order valence-electron chi connectivity index (χ2n) is 3.73. The summed E-state index contributed by atoms with van der Waals surface area (Å²) in [7, 11) is 1.40. The maximum absolute atomic E-state index is 11.7. The molecule has 0 aliphatic rings. The summed E-state index contributed by atoms with van der Waals surface area (Å²) < 4.78 is 4.78. The van der Waals surface area contributed by atoms with E-state index in [2.05, 4.69) is 5.32 Å². The third kappa shape index (κ3) is 2.09. The van der Waals surface area contributed by atoms with Crippen LogP contribution in [0.25, 0.3) is 10.8 Å². The summed E-state index contributed by atoms with van der Waals surface area (Å²) in [5.41, 5.74) is 1.64. The second kappa shape index (κ2) is 4.87. The molecule has 0 bridgehead atoms. The summed E-state index contributed by atoms with van der Waals surface area (Å²) in [5.74, 6) is -0.302. The van der Waals surface area contributed by atoms with Gasteiger partial charge in [-0.25, -0.2) is 4.79 Å². The van der Waals surface area contributed by atoms with E-state index in [9.17, 15) is 4.79 Å². The molecular formula is C14H15NO2. The van der Waals surface area contributed by atoms with Crippen LogP contribution in [0.2, 0.25) is 0 Å². The minimum Gasteiger partial charge on any atom is -0.465 e. The minimum atomic E-state index is -0.302. The topological polar surface area (TPSA) is 38.3 Å². The van der Waals surface area contributed by atoms with E-state index in [0.717, 1.165) is 23.0 Å². The Morgan fingerprint density at radius 2 is 1.88 bits per heavy atom. The van der Waals surface area contributed by atoms with Gasteiger partial charge in [-0.1, -0.05) is 24.3 Å². The first-order valence-electron chi connectivity index (χ1n) is 5.62. The molecule has 2 aromatic rings. The average Bonchev–Trinajstić information content (AvgIpc) is 2.38. The Morgan fingerprint density at radius 3 is 2.53 bits per heavy atom. The summed E-state index contributed by atoms with van der Waals surface area (Å²) in [6, 6.07) is 11.5. The SMILES string of the molecule is CCNc1ccc(C(=O)OC)c2ccccc12. The lowest BCUT2D eigenvalue weighted by molar-refractivity contribution is 0.0603. The van der Waals surface area contributed by atoms with Gasteiger partial charge in [0.25, 0.3) is 0 Å². The number of esters is 1. The van der Waals surface area contributed by atoms with E-state index in [1.165, 1.54) is 7.11 Å². The van der Waals surface area contributed by atoms with Crippen molar-refractivity contribution in [2.24, 2.45) is 0 Å². The molecule has 1 N–H and O–H groups in total. The van der Waals surface area contributed by atoms with Crippen molar-refractivity contribution in [1.82, 2.24) is 0 Å². The molecule has 0 atom stereocenters. The number of hydrogen-bond acceptors (Lipinski definition) is 3. The van der Waals surface area contributed by atoms with Crippen LogP contribution < -0.4 is 5.32 Å². The van der Waals surface area contributed by atoms with Gasteiger partial charge in [-0.05, 0) is 24.4 Å². The van der Waals surface area contributed by atoms with E-state index >= 15 is 0 Å². The molecule has 2 aromatic carbocycles. The molecule has 2 rings (SSSR count). The number of hydrogen-bond donors (Lipinski definition) is 1. The standard InChI is InChI=1S/C14H15NO2/c1-3-15-13-9-8-12(14(16)17-2)10-6-4-5-7-11(10)13/h4-9,15H,3H2,1-2H3. The summed E-state index contributed by atoms with van der Waals surface area (Å²) in [5, 5.41) is 5.24. The van der Waals surface area contributed by atoms with Crippen molar-refractivity contribution in [1.29, 1.82) is 0 Å². The van der Waals surface area contributed by atoms with Crippen LogP contribution in [0.4, 0.5) is 5.69 Å². The van der Waals surface area contributed by atoms with Gasteiger partial charge in [-0.2, -0.15) is 0 Å². The van der Waals surface area contributed by atoms with Gasteiger partial charge < -0.3 is 10.1 Å². The average molecular weight is 229 g/mol. The summed E-state index contributed by atoms with van der Waals surface area (Å²) >= 11 is 0. The molecule has 0 saturated carbocycles. The summed E-state index contributed by atoms with van der Waals surface area (Å²) in [4.78, 5) is 11.7. The molecule has 3 nitrogen and oxygen atoms in total. The summed E-state index contributed by atoms with van der Waals surface area (Å²) in [6.45, 7) is 2.89. The zero-order chi connectivity index (χ0) is 12.3. The van der Waals surface area contributed by atoms with Gasteiger partial charge >= 0.3 is 5.97 Å². The van der Waals surface area contributed by atoms with Gasteiger partial charge in [0.15, 0.2) is 0 Å².